The second-order valence-electron chi connectivity index (χ2n) is 5.61. The van der Waals surface area contributed by atoms with Gasteiger partial charge in [-0.2, -0.15) is 11.3 Å². The Hall–Kier alpha value is -2.67. The molecule has 124 valence electrons. The molecule has 1 aromatic heterocycles. The van der Waals surface area contributed by atoms with Crippen molar-refractivity contribution < 1.29 is 14.4 Å². The first-order valence-corrected chi connectivity index (χ1v) is 8.54. The van der Waals surface area contributed by atoms with E-state index < -0.39 is 17.7 Å². The molecule has 2 aromatic rings. The summed E-state index contributed by atoms with van der Waals surface area (Å²) in [6, 6.07) is 8.14. The summed E-state index contributed by atoms with van der Waals surface area (Å²) in [5.41, 5.74) is 6.93. The third-order valence-electron chi connectivity index (χ3n) is 4.04. The number of amides is 3. The molecule has 1 aliphatic rings. The smallest absolute Gasteiger partial charge is 0.313 e. The number of hydrogen-bond donors (Lipinski definition) is 2. The van der Waals surface area contributed by atoms with Crippen molar-refractivity contribution in [2.75, 3.05) is 11.9 Å². The van der Waals surface area contributed by atoms with Crippen molar-refractivity contribution in [3.63, 3.8) is 0 Å². The number of likely N-dealkylation sites (tertiary alicyclic amines) is 1. The van der Waals surface area contributed by atoms with Gasteiger partial charge >= 0.3 is 11.8 Å². The van der Waals surface area contributed by atoms with Crippen molar-refractivity contribution in [2.24, 2.45) is 5.73 Å². The van der Waals surface area contributed by atoms with Crippen LogP contribution in [0.1, 0.15) is 34.8 Å². The number of anilines is 1. The largest absolute Gasteiger partial charge is 0.366 e. The highest BCUT2D eigenvalue weighted by Gasteiger charge is 2.33. The molecule has 3 N–H and O–H groups in total. The molecule has 6 nitrogen and oxygen atoms in total. The predicted molar refractivity (Wildman–Crippen MR) is 91.6 cm³/mol. The minimum Gasteiger partial charge on any atom is -0.366 e. The van der Waals surface area contributed by atoms with E-state index >= 15 is 0 Å². The van der Waals surface area contributed by atoms with Gasteiger partial charge in [0.1, 0.15) is 0 Å². The fourth-order valence-corrected chi connectivity index (χ4v) is 3.59. The molecule has 0 bridgehead atoms. The van der Waals surface area contributed by atoms with E-state index in [4.69, 9.17) is 5.73 Å². The van der Waals surface area contributed by atoms with E-state index in [-0.39, 0.29) is 11.6 Å². The van der Waals surface area contributed by atoms with Gasteiger partial charge < -0.3 is 16.0 Å². The van der Waals surface area contributed by atoms with E-state index in [1.807, 2.05) is 16.8 Å². The van der Waals surface area contributed by atoms with E-state index in [1.165, 1.54) is 6.07 Å². The monoisotopic (exact) mass is 343 g/mol. The molecule has 0 saturated carbocycles. The summed E-state index contributed by atoms with van der Waals surface area (Å²) in [6.07, 6.45) is 1.73. The quantitative estimate of drug-likeness (QED) is 0.836. The van der Waals surface area contributed by atoms with E-state index in [9.17, 15) is 14.4 Å². The molecular formula is C17H17N3O3S. The Labute approximate surface area is 143 Å². The Morgan fingerprint density at radius 3 is 2.79 bits per heavy atom. The van der Waals surface area contributed by atoms with Crippen LogP contribution in [0.25, 0.3) is 0 Å². The summed E-state index contributed by atoms with van der Waals surface area (Å²) in [7, 11) is 0. The van der Waals surface area contributed by atoms with E-state index in [1.54, 1.807) is 34.4 Å². The Morgan fingerprint density at radius 2 is 2.08 bits per heavy atom. The predicted octanol–water partition coefficient (Wildman–Crippen LogP) is 2.15. The molecule has 0 radical (unpaired) electrons. The van der Waals surface area contributed by atoms with Crippen LogP contribution in [0.15, 0.2) is 41.1 Å². The second kappa shape index (κ2) is 6.84. The number of nitrogens with two attached hydrogens (primary N) is 1. The van der Waals surface area contributed by atoms with Crippen LogP contribution in [-0.2, 0) is 9.59 Å². The van der Waals surface area contributed by atoms with Crippen molar-refractivity contribution in [3.8, 4) is 0 Å². The maximum Gasteiger partial charge on any atom is 0.313 e. The standard InChI is InChI=1S/C17H17N3O3S/c18-15(21)11-3-1-4-13(9-11)19-16(22)17(23)20-7-2-5-14(20)12-6-8-24-10-12/h1,3-4,6,8-10,14H,2,5,7H2,(H2,18,21)(H,19,22)/t14-/m1/s1. The number of carbonyl (C=O) groups is 3. The molecule has 1 saturated heterocycles. The highest BCUT2D eigenvalue weighted by atomic mass is 32.1. The van der Waals surface area contributed by atoms with Gasteiger partial charge in [0.05, 0.1) is 6.04 Å². The van der Waals surface area contributed by atoms with Gasteiger partial charge in [0.15, 0.2) is 0 Å². The van der Waals surface area contributed by atoms with Crippen LogP contribution in [0.2, 0.25) is 0 Å². The van der Waals surface area contributed by atoms with E-state index in [0.717, 1.165) is 18.4 Å². The molecule has 1 fully saturated rings. The minimum absolute atomic E-state index is 0.0496. The number of nitrogens with zero attached hydrogens (tertiary/aromatic N) is 1. The maximum atomic E-state index is 12.5. The SMILES string of the molecule is NC(=O)c1cccc(NC(=O)C(=O)N2CCC[C@@H]2c2ccsc2)c1. The first-order valence-electron chi connectivity index (χ1n) is 7.60. The highest BCUT2D eigenvalue weighted by Crippen LogP contribution is 2.33. The van der Waals surface area contributed by atoms with Crippen LogP contribution in [0.3, 0.4) is 0 Å². The second-order valence-corrected chi connectivity index (χ2v) is 6.39. The lowest BCUT2D eigenvalue weighted by molar-refractivity contribution is -0.143. The van der Waals surface area contributed by atoms with Gasteiger partial charge in [-0.3, -0.25) is 14.4 Å². The van der Waals surface area contributed by atoms with Crippen LogP contribution < -0.4 is 11.1 Å². The van der Waals surface area contributed by atoms with Gasteiger partial charge in [-0.1, -0.05) is 6.07 Å². The number of rotatable bonds is 3. The van der Waals surface area contributed by atoms with Crippen molar-refractivity contribution >= 4 is 34.7 Å². The average Bonchev–Trinajstić information content (AvgIpc) is 3.25. The molecule has 1 aromatic carbocycles. The van der Waals surface area contributed by atoms with Crippen molar-refractivity contribution in [2.45, 2.75) is 18.9 Å². The Kier molecular flexibility index (Phi) is 4.61. The molecule has 7 heteroatoms. The fourth-order valence-electron chi connectivity index (χ4n) is 2.89. The summed E-state index contributed by atoms with van der Waals surface area (Å²) < 4.78 is 0. The highest BCUT2D eigenvalue weighted by molar-refractivity contribution is 7.08. The number of nitrogens with one attached hydrogen (secondary N) is 1. The zero-order valence-corrected chi connectivity index (χ0v) is 13.7. The average molecular weight is 343 g/mol. The van der Waals surface area contributed by atoms with Crippen molar-refractivity contribution in [1.82, 2.24) is 4.90 Å². The first-order chi connectivity index (χ1) is 11.6. The van der Waals surface area contributed by atoms with Crippen LogP contribution in [0.5, 0.6) is 0 Å². The first kappa shape index (κ1) is 16.2. The lowest BCUT2D eigenvalue weighted by atomic mass is 10.1. The van der Waals surface area contributed by atoms with Crippen molar-refractivity contribution in [1.29, 1.82) is 0 Å². The van der Waals surface area contributed by atoms with Crippen LogP contribution in [-0.4, -0.2) is 29.2 Å². The molecule has 0 unspecified atom stereocenters. The fraction of sp³-hybridized carbons (Fsp3) is 0.235. The number of hydrogen-bond acceptors (Lipinski definition) is 4. The minimum atomic E-state index is -0.709. The Bertz CT molecular complexity index is 773. The van der Waals surface area contributed by atoms with Gasteiger partial charge in [0, 0.05) is 17.8 Å². The van der Waals surface area contributed by atoms with E-state index in [2.05, 4.69) is 5.32 Å². The number of carbonyl (C=O) groups excluding carboxylic acids is 3. The molecule has 24 heavy (non-hydrogen) atoms. The van der Waals surface area contributed by atoms with Gasteiger partial charge in [0.2, 0.25) is 5.91 Å². The van der Waals surface area contributed by atoms with E-state index in [0.29, 0.717) is 12.2 Å². The molecule has 3 rings (SSSR count). The Balaban J connectivity index is 1.72. The van der Waals surface area contributed by atoms with Crippen LogP contribution in [0.4, 0.5) is 5.69 Å². The number of primary amides is 1. The lowest BCUT2D eigenvalue weighted by Crippen LogP contribution is -2.39. The lowest BCUT2D eigenvalue weighted by Gasteiger charge is -2.23. The number of benzene rings is 1. The topological polar surface area (TPSA) is 92.5 Å². The molecule has 1 aliphatic heterocycles. The summed E-state index contributed by atoms with van der Waals surface area (Å²) in [6.45, 7) is 0.564. The van der Waals surface area contributed by atoms with Crippen LogP contribution in [0, 0.1) is 0 Å². The van der Waals surface area contributed by atoms with Gasteiger partial charge in [0.25, 0.3) is 0 Å². The number of thiophene rings is 1. The molecule has 0 aliphatic carbocycles. The van der Waals surface area contributed by atoms with Crippen molar-refractivity contribution in [3.05, 3.63) is 52.2 Å². The summed E-state index contributed by atoms with van der Waals surface area (Å²) in [5.74, 6) is -1.86. The van der Waals surface area contributed by atoms with Crippen LogP contribution >= 0.6 is 11.3 Å². The Morgan fingerprint density at radius 1 is 1.25 bits per heavy atom. The summed E-state index contributed by atoms with van der Waals surface area (Å²) in [4.78, 5) is 37.6. The molecule has 0 spiro atoms. The van der Waals surface area contributed by atoms with Gasteiger partial charge in [-0.25, -0.2) is 0 Å². The molecule has 1 atom stereocenters. The summed E-state index contributed by atoms with van der Waals surface area (Å²) in [5, 5.41) is 6.51. The summed E-state index contributed by atoms with van der Waals surface area (Å²) >= 11 is 1.57. The van der Waals surface area contributed by atoms with Gasteiger partial charge in [-0.05, 0) is 53.4 Å². The third kappa shape index (κ3) is 3.30. The van der Waals surface area contributed by atoms with Gasteiger partial charge in [-0.15, -0.1) is 0 Å². The molecule has 2 heterocycles. The molecular weight excluding hydrogens is 326 g/mol. The normalized spacial score (nSPS) is 16.8. The zero-order valence-electron chi connectivity index (χ0n) is 12.9. The third-order valence-corrected chi connectivity index (χ3v) is 4.74. The zero-order chi connectivity index (χ0) is 17.1. The molecule has 3 amide bonds. The maximum absolute atomic E-state index is 12.5.